The average molecular weight is 180 g/mol. The number of aliphatic hydroxyl groups excluding tert-OH is 1. The Morgan fingerprint density at radius 1 is 1.62 bits per heavy atom. The molecule has 1 N–H and O–H groups in total. The van der Waals surface area contributed by atoms with Crippen molar-refractivity contribution in [1.29, 1.82) is 0 Å². The average Bonchev–Trinajstić information content (AvgIpc) is 2.78. The van der Waals surface area contributed by atoms with Gasteiger partial charge in [-0.25, -0.2) is 4.98 Å². The lowest BCUT2D eigenvalue weighted by Gasteiger charge is -2.12. The lowest BCUT2D eigenvalue weighted by Crippen LogP contribution is -2.13. The van der Waals surface area contributed by atoms with Crippen LogP contribution in [0.15, 0.2) is 12.5 Å². The molecule has 1 aromatic rings. The first-order valence-electron chi connectivity index (χ1n) is 4.89. The number of aliphatic hydroxyl groups is 1. The highest BCUT2D eigenvalue weighted by atomic mass is 16.3. The molecule has 3 heteroatoms. The minimum absolute atomic E-state index is 0.201. The van der Waals surface area contributed by atoms with Gasteiger partial charge in [-0.3, -0.25) is 0 Å². The van der Waals surface area contributed by atoms with Crippen LogP contribution in [-0.4, -0.2) is 21.3 Å². The van der Waals surface area contributed by atoms with E-state index in [0.29, 0.717) is 6.61 Å². The van der Waals surface area contributed by atoms with Crippen LogP contribution in [0.5, 0.6) is 0 Å². The summed E-state index contributed by atoms with van der Waals surface area (Å²) in [6.07, 6.45) is 7.09. The van der Waals surface area contributed by atoms with Crippen LogP contribution in [0.25, 0.3) is 0 Å². The monoisotopic (exact) mass is 180 g/mol. The molecule has 1 aliphatic carbocycles. The number of hydrogen-bond donors (Lipinski definition) is 1. The molecule has 1 fully saturated rings. The third kappa shape index (κ3) is 1.61. The topological polar surface area (TPSA) is 38.0 Å². The summed E-state index contributed by atoms with van der Waals surface area (Å²) >= 11 is 0. The first-order valence-corrected chi connectivity index (χ1v) is 4.89. The Hall–Kier alpha value is -0.830. The van der Waals surface area contributed by atoms with Crippen molar-refractivity contribution in [3.05, 3.63) is 18.2 Å². The predicted molar refractivity (Wildman–Crippen MR) is 50.4 cm³/mol. The van der Waals surface area contributed by atoms with Gasteiger partial charge in [-0.1, -0.05) is 0 Å². The zero-order chi connectivity index (χ0) is 9.31. The number of imidazole rings is 1. The van der Waals surface area contributed by atoms with Crippen molar-refractivity contribution in [2.24, 2.45) is 5.41 Å². The Kier molecular flexibility index (Phi) is 2.12. The summed E-state index contributed by atoms with van der Waals surface area (Å²) in [6.45, 7) is 3.41. The van der Waals surface area contributed by atoms with Crippen molar-refractivity contribution in [2.75, 3.05) is 6.61 Å². The standard InChI is InChI=1S/C10H16N2O/c1-2-12-8-11-6-9(12)5-10(7-13)3-4-10/h6,8,13H,2-5,7H2,1H3. The summed E-state index contributed by atoms with van der Waals surface area (Å²) in [5.41, 5.74) is 1.46. The number of aromatic nitrogens is 2. The molecule has 2 rings (SSSR count). The highest BCUT2D eigenvalue weighted by Crippen LogP contribution is 2.47. The Labute approximate surface area is 78.4 Å². The van der Waals surface area contributed by atoms with E-state index in [-0.39, 0.29) is 5.41 Å². The van der Waals surface area contributed by atoms with Crippen LogP contribution in [0, 0.1) is 5.41 Å². The molecule has 13 heavy (non-hydrogen) atoms. The van der Waals surface area contributed by atoms with Gasteiger partial charge < -0.3 is 9.67 Å². The maximum Gasteiger partial charge on any atom is 0.0948 e. The van der Waals surface area contributed by atoms with Crippen LogP contribution in [0.3, 0.4) is 0 Å². The van der Waals surface area contributed by atoms with Crippen molar-refractivity contribution in [3.8, 4) is 0 Å². The van der Waals surface area contributed by atoms with E-state index in [9.17, 15) is 5.11 Å². The Bertz CT molecular complexity index is 289. The zero-order valence-electron chi connectivity index (χ0n) is 8.03. The third-order valence-corrected chi connectivity index (χ3v) is 2.99. The molecular formula is C10H16N2O. The smallest absolute Gasteiger partial charge is 0.0948 e. The SMILES string of the molecule is CCn1cncc1CC1(CO)CC1. The van der Waals surface area contributed by atoms with Crippen molar-refractivity contribution in [1.82, 2.24) is 9.55 Å². The van der Waals surface area contributed by atoms with Crippen molar-refractivity contribution >= 4 is 0 Å². The summed E-state index contributed by atoms with van der Waals surface area (Å²) in [5, 5.41) is 9.19. The lowest BCUT2D eigenvalue weighted by molar-refractivity contribution is 0.209. The molecule has 0 aliphatic heterocycles. The number of aryl methyl sites for hydroxylation is 1. The second kappa shape index (κ2) is 3.14. The Morgan fingerprint density at radius 3 is 2.92 bits per heavy atom. The molecule has 0 bridgehead atoms. The minimum atomic E-state index is 0.201. The van der Waals surface area contributed by atoms with Gasteiger partial charge in [0.25, 0.3) is 0 Å². The van der Waals surface area contributed by atoms with E-state index >= 15 is 0 Å². The van der Waals surface area contributed by atoms with E-state index in [1.807, 2.05) is 12.5 Å². The molecule has 0 unspecified atom stereocenters. The molecule has 1 aromatic heterocycles. The maximum atomic E-state index is 9.19. The Balaban J connectivity index is 2.09. The van der Waals surface area contributed by atoms with Crippen LogP contribution in [0.2, 0.25) is 0 Å². The van der Waals surface area contributed by atoms with E-state index in [1.165, 1.54) is 18.5 Å². The quantitative estimate of drug-likeness (QED) is 0.756. The van der Waals surface area contributed by atoms with Gasteiger partial charge in [-0.2, -0.15) is 0 Å². The van der Waals surface area contributed by atoms with Crippen molar-refractivity contribution in [2.45, 2.75) is 32.7 Å². The van der Waals surface area contributed by atoms with Gasteiger partial charge in [0, 0.05) is 25.0 Å². The van der Waals surface area contributed by atoms with Gasteiger partial charge in [0.05, 0.1) is 6.33 Å². The largest absolute Gasteiger partial charge is 0.396 e. The van der Waals surface area contributed by atoms with Gasteiger partial charge in [0.1, 0.15) is 0 Å². The van der Waals surface area contributed by atoms with Gasteiger partial charge in [0.2, 0.25) is 0 Å². The predicted octanol–water partition coefficient (Wildman–Crippen LogP) is 1.22. The van der Waals surface area contributed by atoms with Crippen molar-refractivity contribution < 1.29 is 5.11 Å². The fraction of sp³-hybridized carbons (Fsp3) is 0.700. The molecular weight excluding hydrogens is 164 g/mol. The molecule has 0 spiro atoms. The maximum absolute atomic E-state index is 9.19. The summed E-state index contributed by atoms with van der Waals surface area (Å²) < 4.78 is 2.15. The summed E-state index contributed by atoms with van der Waals surface area (Å²) in [4.78, 5) is 4.12. The first-order chi connectivity index (χ1) is 6.29. The van der Waals surface area contributed by atoms with Gasteiger partial charge in [-0.15, -0.1) is 0 Å². The molecule has 0 radical (unpaired) electrons. The number of nitrogens with zero attached hydrogens (tertiary/aromatic N) is 2. The first kappa shape index (κ1) is 8.75. The van der Waals surface area contributed by atoms with Crippen LogP contribution in [0.1, 0.15) is 25.5 Å². The highest BCUT2D eigenvalue weighted by molar-refractivity contribution is 5.07. The van der Waals surface area contributed by atoms with Crippen LogP contribution in [0.4, 0.5) is 0 Å². The van der Waals surface area contributed by atoms with E-state index in [2.05, 4.69) is 16.5 Å². The molecule has 0 atom stereocenters. The molecule has 0 saturated heterocycles. The highest BCUT2D eigenvalue weighted by Gasteiger charge is 2.42. The molecule has 0 amide bonds. The summed E-state index contributed by atoms with van der Waals surface area (Å²) in [7, 11) is 0. The molecule has 3 nitrogen and oxygen atoms in total. The van der Waals surface area contributed by atoms with Gasteiger partial charge >= 0.3 is 0 Å². The van der Waals surface area contributed by atoms with Crippen molar-refractivity contribution in [3.63, 3.8) is 0 Å². The minimum Gasteiger partial charge on any atom is -0.396 e. The van der Waals surface area contributed by atoms with E-state index in [4.69, 9.17) is 0 Å². The molecule has 1 aliphatic rings. The number of rotatable bonds is 4. The van der Waals surface area contributed by atoms with Crippen LogP contribution >= 0.6 is 0 Å². The van der Waals surface area contributed by atoms with Gasteiger partial charge in [0.15, 0.2) is 0 Å². The van der Waals surface area contributed by atoms with Crippen LogP contribution in [-0.2, 0) is 13.0 Å². The van der Waals surface area contributed by atoms with E-state index < -0.39 is 0 Å². The molecule has 1 heterocycles. The molecule has 72 valence electrons. The fourth-order valence-electron chi connectivity index (χ4n) is 1.73. The summed E-state index contributed by atoms with van der Waals surface area (Å²) in [6, 6.07) is 0. The van der Waals surface area contributed by atoms with E-state index in [1.54, 1.807) is 0 Å². The van der Waals surface area contributed by atoms with E-state index in [0.717, 1.165) is 13.0 Å². The lowest BCUT2D eigenvalue weighted by atomic mass is 10.0. The van der Waals surface area contributed by atoms with Crippen LogP contribution < -0.4 is 0 Å². The third-order valence-electron chi connectivity index (χ3n) is 2.99. The molecule has 0 aromatic carbocycles. The van der Waals surface area contributed by atoms with Gasteiger partial charge in [-0.05, 0) is 31.6 Å². The second-order valence-electron chi connectivity index (χ2n) is 4.01. The summed E-state index contributed by atoms with van der Waals surface area (Å²) in [5.74, 6) is 0. The normalized spacial score (nSPS) is 18.9. The zero-order valence-corrected chi connectivity index (χ0v) is 8.03. The molecule has 1 saturated carbocycles. The fourth-order valence-corrected chi connectivity index (χ4v) is 1.73. The second-order valence-corrected chi connectivity index (χ2v) is 4.01. The Morgan fingerprint density at radius 2 is 2.38 bits per heavy atom. The number of hydrogen-bond acceptors (Lipinski definition) is 2.